The predicted molar refractivity (Wildman–Crippen MR) is 135 cm³/mol. The second-order valence-corrected chi connectivity index (χ2v) is 8.33. The summed E-state index contributed by atoms with van der Waals surface area (Å²) in [7, 11) is 1.59. The van der Waals surface area contributed by atoms with E-state index in [-0.39, 0.29) is 5.70 Å². The molecule has 3 aromatic rings. The maximum absolute atomic E-state index is 13.1. The molecule has 6 nitrogen and oxygen atoms in total. The number of ether oxygens (including phenoxy) is 2. The topological polar surface area (TPSA) is 76.7 Å². The molecule has 6 heteroatoms. The van der Waals surface area contributed by atoms with Gasteiger partial charge in [0.05, 0.1) is 13.7 Å². The molecule has 3 rings (SSSR count). The van der Waals surface area contributed by atoms with Gasteiger partial charge in [-0.1, -0.05) is 43.7 Å². The number of amides is 2. The number of benzene rings is 3. The number of rotatable bonds is 9. The Labute approximate surface area is 200 Å². The van der Waals surface area contributed by atoms with E-state index in [1.807, 2.05) is 43.3 Å². The van der Waals surface area contributed by atoms with Crippen LogP contribution < -0.4 is 20.1 Å². The minimum Gasteiger partial charge on any atom is -0.497 e. The highest BCUT2D eigenvalue weighted by molar-refractivity contribution is 6.10. The largest absolute Gasteiger partial charge is 0.497 e. The molecule has 0 saturated carbocycles. The summed E-state index contributed by atoms with van der Waals surface area (Å²) < 4.78 is 10.9. The normalized spacial score (nSPS) is 11.1. The smallest absolute Gasteiger partial charge is 0.272 e. The fraction of sp³-hybridized carbons (Fsp3) is 0.214. The van der Waals surface area contributed by atoms with Gasteiger partial charge in [-0.3, -0.25) is 9.59 Å². The molecule has 2 N–H and O–H groups in total. The Balaban J connectivity index is 1.80. The predicted octanol–water partition coefficient (Wildman–Crippen LogP) is 5.45. The van der Waals surface area contributed by atoms with Gasteiger partial charge in [-0.15, -0.1) is 0 Å². The van der Waals surface area contributed by atoms with Gasteiger partial charge >= 0.3 is 0 Å². The van der Waals surface area contributed by atoms with Crippen LogP contribution in [-0.2, 0) is 4.79 Å². The molecule has 0 saturated heterocycles. The van der Waals surface area contributed by atoms with Gasteiger partial charge in [0, 0.05) is 11.3 Å². The van der Waals surface area contributed by atoms with Crippen LogP contribution in [0.2, 0.25) is 0 Å². The van der Waals surface area contributed by atoms with E-state index in [4.69, 9.17) is 9.47 Å². The van der Waals surface area contributed by atoms with E-state index in [9.17, 15) is 9.59 Å². The van der Waals surface area contributed by atoms with Gasteiger partial charge in [0.25, 0.3) is 11.8 Å². The molecule has 0 fully saturated rings. The molecule has 0 aliphatic rings. The average Bonchev–Trinajstić information content (AvgIpc) is 2.84. The third-order valence-corrected chi connectivity index (χ3v) is 4.93. The van der Waals surface area contributed by atoms with Crippen molar-refractivity contribution in [1.82, 2.24) is 5.32 Å². The molecular weight excluding hydrogens is 428 g/mol. The van der Waals surface area contributed by atoms with Crippen molar-refractivity contribution in [3.8, 4) is 11.5 Å². The number of nitrogens with one attached hydrogen (secondary N) is 2. The highest BCUT2D eigenvalue weighted by Crippen LogP contribution is 2.17. The molecule has 0 aliphatic heterocycles. The molecular formula is C28H30N2O4. The fourth-order valence-corrected chi connectivity index (χ4v) is 3.02. The van der Waals surface area contributed by atoms with Gasteiger partial charge in [-0.05, 0) is 73.0 Å². The standard InChI is InChI=1S/C28H30N2O4/c1-19(2)18-34-25-15-9-22(10-16-25)27(31)30-26(17-21-7-13-24(33-4)14-8-21)28(32)29-23-11-5-20(3)6-12-23/h5-17,19H,18H2,1-4H3,(H,29,32)(H,30,31). The van der Waals surface area contributed by atoms with Gasteiger partial charge in [0.2, 0.25) is 0 Å². The second-order valence-electron chi connectivity index (χ2n) is 8.33. The van der Waals surface area contributed by atoms with Crippen molar-refractivity contribution < 1.29 is 19.1 Å². The van der Waals surface area contributed by atoms with Crippen LogP contribution in [0.15, 0.2) is 78.5 Å². The summed E-state index contributed by atoms with van der Waals surface area (Å²) in [6.45, 7) is 6.71. The zero-order valence-corrected chi connectivity index (χ0v) is 19.9. The number of hydrogen-bond donors (Lipinski definition) is 2. The molecule has 0 bridgehead atoms. The van der Waals surface area contributed by atoms with Crippen molar-refractivity contribution in [1.29, 1.82) is 0 Å². The Hall–Kier alpha value is -4.06. The van der Waals surface area contributed by atoms with Gasteiger partial charge in [0.15, 0.2) is 0 Å². The zero-order valence-electron chi connectivity index (χ0n) is 19.9. The van der Waals surface area contributed by atoms with Crippen molar-refractivity contribution in [2.24, 2.45) is 5.92 Å². The van der Waals surface area contributed by atoms with Crippen LogP contribution in [-0.4, -0.2) is 25.5 Å². The SMILES string of the molecule is COc1ccc(C=C(NC(=O)c2ccc(OCC(C)C)cc2)C(=O)Nc2ccc(C)cc2)cc1. The quantitative estimate of drug-likeness (QED) is 0.418. The van der Waals surface area contributed by atoms with E-state index in [0.29, 0.717) is 35.3 Å². The summed E-state index contributed by atoms with van der Waals surface area (Å²) in [4.78, 5) is 26.0. The zero-order chi connectivity index (χ0) is 24.5. The minimum absolute atomic E-state index is 0.121. The van der Waals surface area contributed by atoms with Crippen LogP contribution in [0.5, 0.6) is 11.5 Å². The van der Waals surface area contributed by atoms with E-state index in [1.165, 1.54) is 0 Å². The molecule has 0 radical (unpaired) electrons. The van der Waals surface area contributed by atoms with E-state index in [1.54, 1.807) is 49.6 Å². The lowest BCUT2D eigenvalue weighted by molar-refractivity contribution is -0.113. The number of methoxy groups -OCH3 is 1. The number of carbonyl (C=O) groups is 2. The Kier molecular flexibility index (Phi) is 8.46. The first-order chi connectivity index (χ1) is 16.3. The molecule has 2 amide bonds. The van der Waals surface area contributed by atoms with Crippen molar-refractivity contribution in [2.45, 2.75) is 20.8 Å². The first-order valence-corrected chi connectivity index (χ1v) is 11.1. The summed E-state index contributed by atoms with van der Waals surface area (Å²) in [5, 5.41) is 5.59. The fourth-order valence-electron chi connectivity index (χ4n) is 3.02. The highest BCUT2D eigenvalue weighted by atomic mass is 16.5. The summed E-state index contributed by atoms with van der Waals surface area (Å²) in [6.07, 6.45) is 1.63. The van der Waals surface area contributed by atoms with Crippen LogP contribution >= 0.6 is 0 Å². The van der Waals surface area contributed by atoms with Crippen LogP contribution in [0.25, 0.3) is 6.08 Å². The van der Waals surface area contributed by atoms with Crippen LogP contribution in [0.3, 0.4) is 0 Å². The van der Waals surface area contributed by atoms with Gasteiger partial charge in [0.1, 0.15) is 17.2 Å². The lowest BCUT2D eigenvalue weighted by Gasteiger charge is -2.12. The number of hydrogen-bond acceptors (Lipinski definition) is 4. The van der Waals surface area contributed by atoms with E-state index < -0.39 is 11.8 Å². The number of aryl methyl sites for hydroxylation is 1. The summed E-state index contributed by atoms with van der Waals surface area (Å²) in [6, 6.07) is 21.5. The highest BCUT2D eigenvalue weighted by Gasteiger charge is 2.15. The minimum atomic E-state index is -0.426. The Morgan fingerprint density at radius 1 is 0.882 bits per heavy atom. The van der Waals surface area contributed by atoms with E-state index >= 15 is 0 Å². The van der Waals surface area contributed by atoms with E-state index in [2.05, 4.69) is 24.5 Å². The average molecular weight is 459 g/mol. The molecule has 3 aromatic carbocycles. The molecule has 0 spiro atoms. The van der Waals surface area contributed by atoms with Crippen molar-refractivity contribution >= 4 is 23.6 Å². The molecule has 176 valence electrons. The van der Waals surface area contributed by atoms with Crippen LogP contribution in [0.1, 0.15) is 35.3 Å². The number of carbonyl (C=O) groups excluding carboxylic acids is 2. The number of anilines is 1. The monoisotopic (exact) mass is 458 g/mol. The van der Waals surface area contributed by atoms with Gasteiger partial charge in [-0.25, -0.2) is 0 Å². The van der Waals surface area contributed by atoms with Crippen LogP contribution in [0, 0.1) is 12.8 Å². The molecule has 0 unspecified atom stereocenters. The Morgan fingerprint density at radius 3 is 2.09 bits per heavy atom. The molecule has 0 heterocycles. The van der Waals surface area contributed by atoms with Gasteiger partial charge in [-0.2, -0.15) is 0 Å². The first-order valence-electron chi connectivity index (χ1n) is 11.1. The Bertz CT molecular complexity index is 1130. The molecule has 0 aromatic heterocycles. The van der Waals surface area contributed by atoms with Gasteiger partial charge < -0.3 is 20.1 Å². The maximum Gasteiger partial charge on any atom is 0.272 e. The summed E-state index contributed by atoms with van der Waals surface area (Å²) in [5.41, 5.74) is 3.00. The third-order valence-electron chi connectivity index (χ3n) is 4.93. The summed E-state index contributed by atoms with van der Waals surface area (Å²) in [5.74, 6) is 0.975. The van der Waals surface area contributed by atoms with Crippen molar-refractivity contribution in [2.75, 3.05) is 19.0 Å². The second kappa shape index (κ2) is 11.7. The molecule has 0 aliphatic carbocycles. The lowest BCUT2D eigenvalue weighted by atomic mass is 10.1. The molecule has 0 atom stereocenters. The van der Waals surface area contributed by atoms with Crippen LogP contribution in [0.4, 0.5) is 5.69 Å². The van der Waals surface area contributed by atoms with Crippen molar-refractivity contribution in [3.63, 3.8) is 0 Å². The lowest BCUT2D eigenvalue weighted by Crippen LogP contribution is -2.30. The van der Waals surface area contributed by atoms with Crippen molar-refractivity contribution in [3.05, 3.63) is 95.2 Å². The molecule has 34 heavy (non-hydrogen) atoms. The van der Waals surface area contributed by atoms with E-state index in [0.717, 1.165) is 11.1 Å². The summed E-state index contributed by atoms with van der Waals surface area (Å²) >= 11 is 0. The maximum atomic E-state index is 13.1. The first kappa shape index (κ1) is 24.6. The Morgan fingerprint density at radius 2 is 1.50 bits per heavy atom. The third kappa shape index (κ3) is 7.24.